The Kier molecular flexibility index (Phi) is 4.03. The summed E-state index contributed by atoms with van der Waals surface area (Å²) in [5, 5.41) is 7.28. The van der Waals surface area contributed by atoms with E-state index in [4.69, 9.17) is 5.73 Å². The van der Waals surface area contributed by atoms with E-state index in [9.17, 15) is 0 Å². The molecule has 106 valence electrons. The van der Waals surface area contributed by atoms with Crippen LogP contribution in [0.1, 0.15) is 5.56 Å². The van der Waals surface area contributed by atoms with Gasteiger partial charge in [-0.25, -0.2) is 0 Å². The van der Waals surface area contributed by atoms with Gasteiger partial charge in [0.15, 0.2) is 5.82 Å². The lowest BCUT2D eigenvalue weighted by Gasteiger charge is -2.09. The number of benzene rings is 2. The molecular formula is C16H13BrIN3. The molecule has 0 saturated heterocycles. The predicted molar refractivity (Wildman–Crippen MR) is 99.0 cm³/mol. The summed E-state index contributed by atoms with van der Waals surface area (Å²) in [7, 11) is 0. The van der Waals surface area contributed by atoms with E-state index in [1.807, 2.05) is 24.3 Å². The number of nitrogens with zero attached hydrogens (tertiary/aromatic N) is 1. The second kappa shape index (κ2) is 5.81. The maximum Gasteiger partial charge on any atom is 0.153 e. The fourth-order valence-electron chi connectivity index (χ4n) is 2.30. The second-order valence-corrected chi connectivity index (χ2v) is 6.80. The summed E-state index contributed by atoms with van der Waals surface area (Å²) >= 11 is 5.82. The number of aromatic amines is 1. The highest BCUT2D eigenvalue weighted by molar-refractivity contribution is 14.1. The Morgan fingerprint density at radius 3 is 2.57 bits per heavy atom. The number of nitrogens with two attached hydrogens (primary N) is 1. The van der Waals surface area contributed by atoms with Crippen molar-refractivity contribution in [3.63, 3.8) is 0 Å². The molecule has 0 spiro atoms. The maximum absolute atomic E-state index is 6.08. The molecule has 0 bridgehead atoms. The Bertz CT molecular complexity index is 794. The van der Waals surface area contributed by atoms with Crippen molar-refractivity contribution in [2.75, 3.05) is 5.73 Å². The highest BCUT2D eigenvalue weighted by Crippen LogP contribution is 2.37. The van der Waals surface area contributed by atoms with Crippen LogP contribution in [0.2, 0.25) is 0 Å². The summed E-state index contributed by atoms with van der Waals surface area (Å²) in [4.78, 5) is 0. The van der Waals surface area contributed by atoms with Crippen LogP contribution >= 0.6 is 38.5 Å². The average molecular weight is 454 g/mol. The van der Waals surface area contributed by atoms with Gasteiger partial charge in [-0.15, -0.1) is 0 Å². The van der Waals surface area contributed by atoms with Gasteiger partial charge in [-0.05, 0) is 52.8 Å². The van der Waals surface area contributed by atoms with E-state index in [1.165, 1.54) is 9.13 Å². The van der Waals surface area contributed by atoms with Crippen LogP contribution < -0.4 is 5.73 Å². The van der Waals surface area contributed by atoms with E-state index in [1.54, 1.807) is 0 Å². The number of rotatable bonds is 2. The van der Waals surface area contributed by atoms with E-state index >= 15 is 0 Å². The van der Waals surface area contributed by atoms with Crippen molar-refractivity contribution in [3.05, 3.63) is 56.1 Å². The minimum atomic E-state index is 0.518. The molecule has 3 nitrogen and oxygen atoms in total. The lowest BCUT2D eigenvalue weighted by molar-refractivity contribution is 1.10. The van der Waals surface area contributed by atoms with Gasteiger partial charge in [0, 0.05) is 13.6 Å². The number of H-pyrrole nitrogens is 1. The van der Waals surface area contributed by atoms with Crippen molar-refractivity contribution in [2.24, 2.45) is 0 Å². The minimum absolute atomic E-state index is 0.518. The zero-order valence-corrected chi connectivity index (χ0v) is 15.1. The van der Waals surface area contributed by atoms with Crippen LogP contribution in [0.4, 0.5) is 5.82 Å². The largest absolute Gasteiger partial charge is 0.382 e. The molecule has 0 saturated carbocycles. The van der Waals surface area contributed by atoms with Gasteiger partial charge in [-0.1, -0.05) is 46.3 Å². The Balaban J connectivity index is 2.22. The first-order chi connectivity index (χ1) is 10.1. The fourth-order valence-corrected chi connectivity index (χ4v) is 3.19. The first-order valence-electron chi connectivity index (χ1n) is 6.43. The number of aryl methyl sites for hydroxylation is 1. The van der Waals surface area contributed by atoms with Crippen LogP contribution in [-0.2, 0) is 0 Å². The smallest absolute Gasteiger partial charge is 0.153 e. The van der Waals surface area contributed by atoms with Crippen LogP contribution in [0.3, 0.4) is 0 Å². The van der Waals surface area contributed by atoms with Crippen LogP contribution in [0, 0.1) is 10.5 Å². The number of anilines is 1. The third-order valence-electron chi connectivity index (χ3n) is 3.39. The van der Waals surface area contributed by atoms with Crippen molar-refractivity contribution < 1.29 is 0 Å². The molecule has 1 aromatic heterocycles. The van der Waals surface area contributed by atoms with Crippen molar-refractivity contribution in [1.29, 1.82) is 0 Å². The van der Waals surface area contributed by atoms with Crippen molar-refractivity contribution in [3.8, 4) is 22.4 Å². The lowest BCUT2D eigenvalue weighted by Crippen LogP contribution is -1.91. The average Bonchev–Trinajstić information content (AvgIpc) is 2.85. The summed E-state index contributed by atoms with van der Waals surface area (Å²) in [5.74, 6) is 0.518. The van der Waals surface area contributed by atoms with Crippen LogP contribution in [0.25, 0.3) is 22.4 Å². The van der Waals surface area contributed by atoms with Crippen molar-refractivity contribution in [2.45, 2.75) is 6.92 Å². The Morgan fingerprint density at radius 2 is 1.86 bits per heavy atom. The molecule has 3 N–H and O–H groups in total. The molecule has 0 atom stereocenters. The van der Waals surface area contributed by atoms with Crippen LogP contribution in [0.15, 0.2) is 46.9 Å². The van der Waals surface area contributed by atoms with Gasteiger partial charge in [0.2, 0.25) is 0 Å². The molecule has 0 amide bonds. The second-order valence-electron chi connectivity index (χ2n) is 4.80. The Hall–Kier alpha value is -1.34. The van der Waals surface area contributed by atoms with Crippen molar-refractivity contribution in [1.82, 2.24) is 10.2 Å². The van der Waals surface area contributed by atoms with E-state index in [0.29, 0.717) is 5.82 Å². The molecule has 5 heteroatoms. The van der Waals surface area contributed by atoms with Gasteiger partial charge >= 0.3 is 0 Å². The van der Waals surface area contributed by atoms with Crippen LogP contribution in [0.5, 0.6) is 0 Å². The molecule has 0 fully saturated rings. The van der Waals surface area contributed by atoms with E-state index < -0.39 is 0 Å². The Morgan fingerprint density at radius 1 is 1.14 bits per heavy atom. The molecule has 1 heterocycles. The Labute approximate surface area is 145 Å². The van der Waals surface area contributed by atoms with Crippen LogP contribution in [-0.4, -0.2) is 10.2 Å². The van der Waals surface area contributed by atoms with Gasteiger partial charge in [-0.2, -0.15) is 5.10 Å². The fraction of sp³-hybridized carbons (Fsp3) is 0.0625. The summed E-state index contributed by atoms with van der Waals surface area (Å²) in [5.41, 5.74) is 11.4. The highest BCUT2D eigenvalue weighted by Gasteiger charge is 2.17. The third-order valence-corrected chi connectivity index (χ3v) is 5.35. The quantitative estimate of drug-likeness (QED) is 0.536. The van der Waals surface area contributed by atoms with Gasteiger partial charge in [0.25, 0.3) is 0 Å². The van der Waals surface area contributed by atoms with Gasteiger partial charge in [-0.3, -0.25) is 5.10 Å². The van der Waals surface area contributed by atoms with E-state index in [0.717, 1.165) is 26.9 Å². The number of hydrogen-bond donors (Lipinski definition) is 2. The monoisotopic (exact) mass is 453 g/mol. The summed E-state index contributed by atoms with van der Waals surface area (Å²) < 4.78 is 2.25. The molecule has 0 radical (unpaired) electrons. The summed E-state index contributed by atoms with van der Waals surface area (Å²) in [6.07, 6.45) is 0. The van der Waals surface area contributed by atoms with Gasteiger partial charge in [0.1, 0.15) is 0 Å². The normalized spacial score (nSPS) is 10.8. The number of aromatic nitrogens is 2. The number of hydrogen-bond acceptors (Lipinski definition) is 2. The SMILES string of the molecule is Cc1cccc(-c2[nH]nc(N)c2-c2ccc(Br)cc2)c1I. The van der Waals surface area contributed by atoms with Crippen molar-refractivity contribution >= 4 is 44.3 Å². The standard InChI is InChI=1S/C16H13BrIN3/c1-9-3-2-4-12(14(9)18)15-13(16(19)21-20-15)10-5-7-11(17)8-6-10/h2-8H,1H3,(H3,19,20,21). The number of halogens is 2. The molecule has 0 aliphatic carbocycles. The zero-order chi connectivity index (χ0) is 15.0. The molecule has 0 aliphatic heterocycles. The molecule has 0 unspecified atom stereocenters. The zero-order valence-electron chi connectivity index (χ0n) is 11.3. The topological polar surface area (TPSA) is 54.7 Å². The molecule has 3 aromatic rings. The molecular weight excluding hydrogens is 441 g/mol. The third kappa shape index (κ3) is 2.72. The first-order valence-corrected chi connectivity index (χ1v) is 8.30. The van der Waals surface area contributed by atoms with E-state index in [-0.39, 0.29) is 0 Å². The number of nitrogens with one attached hydrogen (secondary N) is 1. The molecule has 3 rings (SSSR count). The lowest BCUT2D eigenvalue weighted by atomic mass is 10.00. The summed E-state index contributed by atoms with van der Waals surface area (Å²) in [6, 6.07) is 14.3. The summed E-state index contributed by atoms with van der Waals surface area (Å²) in [6.45, 7) is 2.10. The first kappa shape index (κ1) is 14.6. The number of nitrogen functional groups attached to an aromatic ring is 1. The molecule has 21 heavy (non-hydrogen) atoms. The van der Waals surface area contributed by atoms with Gasteiger partial charge < -0.3 is 5.73 Å². The predicted octanol–water partition coefficient (Wildman–Crippen LogP) is 5.00. The maximum atomic E-state index is 6.08. The minimum Gasteiger partial charge on any atom is -0.382 e. The molecule has 2 aromatic carbocycles. The molecule has 0 aliphatic rings. The highest BCUT2D eigenvalue weighted by atomic mass is 127. The van der Waals surface area contributed by atoms with E-state index in [2.05, 4.69) is 73.8 Å². The van der Waals surface area contributed by atoms with Gasteiger partial charge in [0.05, 0.1) is 11.3 Å².